The summed E-state index contributed by atoms with van der Waals surface area (Å²) in [5.74, 6) is -0.216. The molecule has 1 aliphatic heterocycles. The highest BCUT2D eigenvalue weighted by atomic mass is 32.2. The molecule has 3 rings (SSSR count). The molecule has 0 radical (unpaired) electrons. The van der Waals surface area contributed by atoms with Crippen LogP contribution >= 0.6 is 0 Å². The van der Waals surface area contributed by atoms with Crippen molar-refractivity contribution in [1.82, 2.24) is 14.9 Å². The first-order valence-electron chi connectivity index (χ1n) is 11.1. The van der Waals surface area contributed by atoms with Crippen molar-refractivity contribution in [3.05, 3.63) is 65.2 Å². The van der Waals surface area contributed by atoms with Gasteiger partial charge in [-0.25, -0.2) is 13.1 Å². The van der Waals surface area contributed by atoms with E-state index in [0.29, 0.717) is 11.1 Å². The number of nitrogens with zero attached hydrogens (tertiary/aromatic N) is 1. The van der Waals surface area contributed by atoms with E-state index in [9.17, 15) is 13.2 Å². The first-order chi connectivity index (χ1) is 14.9. The van der Waals surface area contributed by atoms with Crippen LogP contribution in [0.3, 0.4) is 0 Å². The summed E-state index contributed by atoms with van der Waals surface area (Å²) < 4.78 is 28.4. The summed E-state index contributed by atoms with van der Waals surface area (Å²) in [5.41, 5.74) is 1.86. The Kier molecular flexibility index (Phi) is 8.23. The first-order valence-corrected chi connectivity index (χ1v) is 12.5. The Hall–Kier alpha value is -2.22. The molecule has 0 aromatic heterocycles. The van der Waals surface area contributed by atoms with E-state index < -0.39 is 10.0 Å². The lowest BCUT2D eigenvalue weighted by molar-refractivity contribution is 0.0910. The number of hydrogen-bond acceptors (Lipinski definition) is 4. The predicted octanol–water partition coefficient (Wildman–Crippen LogP) is 3.47. The summed E-state index contributed by atoms with van der Waals surface area (Å²) >= 11 is 0. The second-order valence-electron chi connectivity index (χ2n) is 8.23. The van der Waals surface area contributed by atoms with Crippen LogP contribution in [0, 0.1) is 6.92 Å². The van der Waals surface area contributed by atoms with Crippen LogP contribution in [0.2, 0.25) is 0 Å². The van der Waals surface area contributed by atoms with Gasteiger partial charge in [-0.1, -0.05) is 49.7 Å². The SMILES string of the molecule is CCCCN1CCC(NC(=O)c2ccc(C)c(S(=O)(=O)NCc3ccccc3)c2)CC1. The van der Waals surface area contributed by atoms with Crippen LogP contribution in [-0.4, -0.2) is 44.9 Å². The zero-order valence-corrected chi connectivity index (χ0v) is 19.2. The predicted molar refractivity (Wildman–Crippen MR) is 123 cm³/mol. The summed E-state index contributed by atoms with van der Waals surface area (Å²) in [6.45, 7) is 7.23. The third kappa shape index (κ3) is 6.63. The summed E-state index contributed by atoms with van der Waals surface area (Å²) in [7, 11) is -3.73. The van der Waals surface area contributed by atoms with Crippen LogP contribution in [0.15, 0.2) is 53.4 Å². The molecule has 0 spiro atoms. The van der Waals surface area contributed by atoms with E-state index >= 15 is 0 Å². The number of carbonyl (C=O) groups is 1. The number of nitrogens with one attached hydrogen (secondary N) is 2. The highest BCUT2D eigenvalue weighted by Crippen LogP contribution is 2.19. The molecule has 2 aromatic rings. The average molecular weight is 444 g/mol. The maximum Gasteiger partial charge on any atom is 0.251 e. The fourth-order valence-electron chi connectivity index (χ4n) is 3.83. The second-order valence-corrected chi connectivity index (χ2v) is 9.97. The molecular weight excluding hydrogens is 410 g/mol. The number of likely N-dealkylation sites (tertiary alicyclic amines) is 1. The van der Waals surface area contributed by atoms with Crippen LogP contribution in [0.4, 0.5) is 0 Å². The van der Waals surface area contributed by atoms with Gasteiger partial charge in [0, 0.05) is 31.2 Å². The standard InChI is InChI=1S/C24H33N3O3S/c1-3-4-14-27-15-12-22(13-16-27)26-24(28)21-11-10-19(2)23(17-21)31(29,30)25-18-20-8-6-5-7-9-20/h5-11,17,22,25H,3-4,12-16,18H2,1-2H3,(H,26,28). The molecule has 1 fully saturated rings. The lowest BCUT2D eigenvalue weighted by Crippen LogP contribution is -2.44. The van der Waals surface area contributed by atoms with E-state index in [2.05, 4.69) is 21.9 Å². The maximum absolute atomic E-state index is 12.9. The smallest absolute Gasteiger partial charge is 0.251 e. The molecule has 6 nitrogen and oxygen atoms in total. The largest absolute Gasteiger partial charge is 0.349 e. The summed E-state index contributed by atoms with van der Waals surface area (Å²) in [5, 5.41) is 3.09. The Morgan fingerprint density at radius 1 is 1.10 bits per heavy atom. The molecule has 0 saturated carbocycles. The topological polar surface area (TPSA) is 78.5 Å². The fraction of sp³-hybridized carbons (Fsp3) is 0.458. The molecule has 1 amide bonds. The third-order valence-corrected chi connectivity index (χ3v) is 7.34. The van der Waals surface area contributed by atoms with Crippen LogP contribution in [0.1, 0.15) is 54.1 Å². The second kappa shape index (κ2) is 10.9. The number of amides is 1. The molecule has 0 unspecified atom stereocenters. The number of aryl methyl sites for hydroxylation is 1. The van der Waals surface area contributed by atoms with Crippen LogP contribution < -0.4 is 10.0 Å². The molecule has 31 heavy (non-hydrogen) atoms. The molecule has 7 heteroatoms. The monoisotopic (exact) mass is 443 g/mol. The van der Waals surface area contributed by atoms with Crippen LogP contribution in [0.5, 0.6) is 0 Å². The number of sulfonamides is 1. The number of rotatable bonds is 9. The number of hydrogen-bond donors (Lipinski definition) is 2. The van der Waals surface area contributed by atoms with Crippen LogP contribution in [0.25, 0.3) is 0 Å². The van der Waals surface area contributed by atoms with Crippen molar-refractivity contribution in [2.24, 2.45) is 0 Å². The highest BCUT2D eigenvalue weighted by Gasteiger charge is 2.23. The molecule has 1 aliphatic rings. The number of benzene rings is 2. The van der Waals surface area contributed by atoms with Gasteiger partial charge in [0.2, 0.25) is 10.0 Å². The molecule has 1 saturated heterocycles. The van der Waals surface area contributed by atoms with Crippen LogP contribution in [-0.2, 0) is 16.6 Å². The molecular formula is C24H33N3O3S. The van der Waals surface area contributed by atoms with Gasteiger partial charge in [0.15, 0.2) is 0 Å². The van der Waals surface area contributed by atoms with Crippen molar-refractivity contribution in [3.63, 3.8) is 0 Å². The number of carbonyl (C=O) groups excluding carboxylic acids is 1. The van der Waals surface area contributed by atoms with Gasteiger partial charge in [-0.15, -0.1) is 0 Å². The summed E-state index contributed by atoms with van der Waals surface area (Å²) in [6.07, 6.45) is 4.24. The molecule has 2 aromatic carbocycles. The zero-order valence-electron chi connectivity index (χ0n) is 18.4. The quantitative estimate of drug-likeness (QED) is 0.622. The van der Waals surface area contributed by atoms with Gasteiger partial charge in [0.1, 0.15) is 0 Å². The van der Waals surface area contributed by atoms with Crippen molar-refractivity contribution >= 4 is 15.9 Å². The minimum absolute atomic E-state index is 0.128. The lowest BCUT2D eigenvalue weighted by Gasteiger charge is -2.32. The fourth-order valence-corrected chi connectivity index (χ4v) is 5.12. The number of unbranched alkanes of at least 4 members (excludes halogenated alkanes) is 1. The van der Waals surface area contributed by atoms with Crippen molar-refractivity contribution in [2.75, 3.05) is 19.6 Å². The minimum Gasteiger partial charge on any atom is -0.349 e. The van der Waals surface area contributed by atoms with Gasteiger partial charge in [-0.2, -0.15) is 0 Å². The van der Waals surface area contributed by atoms with E-state index in [1.54, 1.807) is 19.1 Å². The average Bonchev–Trinajstić information content (AvgIpc) is 2.78. The van der Waals surface area contributed by atoms with E-state index in [-0.39, 0.29) is 23.4 Å². The summed E-state index contributed by atoms with van der Waals surface area (Å²) in [6, 6.07) is 14.4. The zero-order chi connectivity index (χ0) is 22.3. The van der Waals surface area contributed by atoms with Gasteiger partial charge < -0.3 is 10.2 Å². The van der Waals surface area contributed by atoms with E-state index in [1.165, 1.54) is 18.9 Å². The first kappa shape index (κ1) is 23.4. The van der Waals surface area contributed by atoms with Crippen molar-refractivity contribution in [1.29, 1.82) is 0 Å². The van der Waals surface area contributed by atoms with Crippen molar-refractivity contribution in [2.45, 2.75) is 57.0 Å². The minimum atomic E-state index is -3.73. The molecule has 168 valence electrons. The van der Waals surface area contributed by atoms with E-state index in [0.717, 1.165) is 38.0 Å². The van der Waals surface area contributed by atoms with Gasteiger partial charge in [-0.3, -0.25) is 4.79 Å². The maximum atomic E-state index is 12.9. The van der Waals surface area contributed by atoms with Gasteiger partial charge in [0.05, 0.1) is 4.90 Å². The Bertz CT molecular complexity index is 969. The van der Waals surface area contributed by atoms with Gasteiger partial charge in [-0.05, 0) is 56.0 Å². The molecule has 0 aliphatic carbocycles. The summed E-state index contributed by atoms with van der Waals surface area (Å²) in [4.78, 5) is 15.4. The highest BCUT2D eigenvalue weighted by molar-refractivity contribution is 7.89. The molecule has 2 N–H and O–H groups in total. The Labute approximate surface area is 186 Å². The Morgan fingerprint density at radius 2 is 1.81 bits per heavy atom. The molecule has 0 atom stereocenters. The third-order valence-electron chi connectivity index (χ3n) is 5.80. The van der Waals surface area contributed by atoms with Crippen molar-refractivity contribution < 1.29 is 13.2 Å². The van der Waals surface area contributed by atoms with Crippen molar-refractivity contribution in [3.8, 4) is 0 Å². The molecule has 0 bridgehead atoms. The van der Waals surface area contributed by atoms with E-state index in [1.807, 2.05) is 30.3 Å². The Balaban J connectivity index is 1.62. The van der Waals surface area contributed by atoms with Gasteiger partial charge >= 0.3 is 0 Å². The lowest BCUT2D eigenvalue weighted by atomic mass is 10.0. The van der Waals surface area contributed by atoms with E-state index in [4.69, 9.17) is 0 Å². The number of piperidine rings is 1. The van der Waals surface area contributed by atoms with Gasteiger partial charge in [0.25, 0.3) is 5.91 Å². The Morgan fingerprint density at radius 3 is 2.48 bits per heavy atom. The normalized spacial score (nSPS) is 15.7. The molecule has 1 heterocycles.